The summed E-state index contributed by atoms with van der Waals surface area (Å²) in [6, 6.07) is 52.9. The fourth-order valence-electron chi connectivity index (χ4n) is 7.30. The van der Waals surface area contributed by atoms with Crippen molar-refractivity contribution >= 4 is 51.9 Å². The average Bonchev–Trinajstić information content (AvgIpc) is 3.43. The van der Waals surface area contributed by atoms with E-state index in [2.05, 4.69) is 0 Å². The Morgan fingerprint density at radius 1 is 0.319 bits per heavy atom. The SMILES string of the molecule is O=C(OCc1ccccc1)S(CCCN(CCO)CCCS(C(=O)OCc1ccccc1)(C(=O)OCc1ccccc1)C(=O)OCc1ccccc1)(C(=O)OCc1ccccc1)C(=O)OCc1ccccc1. The minimum atomic E-state index is -3.87. The lowest BCUT2D eigenvalue weighted by molar-refractivity contribution is 0.152. The van der Waals surface area contributed by atoms with Gasteiger partial charge in [0.15, 0.2) is 0 Å². The van der Waals surface area contributed by atoms with Crippen molar-refractivity contribution in [3.63, 3.8) is 0 Å². The van der Waals surface area contributed by atoms with Crippen LogP contribution in [0.5, 0.6) is 0 Å². The number of aliphatic hydroxyl groups is 1. The van der Waals surface area contributed by atoms with Crippen molar-refractivity contribution in [1.29, 1.82) is 0 Å². The molecule has 0 aliphatic carbocycles. The molecule has 0 atom stereocenters. The summed E-state index contributed by atoms with van der Waals surface area (Å²) >= 11 is 0. The van der Waals surface area contributed by atoms with E-state index < -0.39 is 51.9 Å². The average molecular weight is 1020 g/mol. The molecule has 0 amide bonds. The number of carbonyl (C=O) groups is 6. The first-order valence-corrected chi connectivity index (χ1v) is 26.9. The van der Waals surface area contributed by atoms with Crippen LogP contribution in [0.4, 0.5) is 28.8 Å². The summed E-state index contributed by atoms with van der Waals surface area (Å²) in [5.41, 5.74) is 3.74. The highest BCUT2D eigenvalue weighted by molar-refractivity contribution is 8.64. The van der Waals surface area contributed by atoms with Gasteiger partial charge in [-0.1, -0.05) is 182 Å². The summed E-state index contributed by atoms with van der Waals surface area (Å²) in [7, 11) is -7.74. The maximum Gasteiger partial charge on any atom is 0.369 e. The fraction of sp³-hybridized carbons (Fsp3) is 0.250. The summed E-state index contributed by atoms with van der Waals surface area (Å²) < 4.78 is 34.6. The molecular formula is C56H59NO13S2. The molecule has 14 nitrogen and oxygen atoms in total. The lowest BCUT2D eigenvalue weighted by Crippen LogP contribution is -2.36. The summed E-state index contributed by atoms with van der Waals surface area (Å²) in [6.07, 6.45) is 0.0397. The Bertz CT molecular complexity index is 2180. The van der Waals surface area contributed by atoms with Gasteiger partial charge in [0, 0.05) is 18.1 Å². The Morgan fingerprint density at radius 3 is 0.694 bits per heavy atom. The van der Waals surface area contributed by atoms with Crippen LogP contribution in [-0.2, 0) is 68.1 Å². The second-order valence-electron chi connectivity index (χ2n) is 16.3. The molecule has 0 unspecified atom stereocenters. The first-order valence-electron chi connectivity index (χ1n) is 23.3. The predicted molar refractivity (Wildman–Crippen MR) is 277 cm³/mol. The number of carbonyl (C=O) groups excluding carboxylic acids is 6. The number of hydrogen-bond donors (Lipinski definition) is 1. The molecule has 0 bridgehead atoms. The fourth-order valence-corrected chi connectivity index (χ4v) is 11.8. The van der Waals surface area contributed by atoms with E-state index in [4.69, 9.17) is 28.4 Å². The standard InChI is InChI=1S/C56H59NO13S2/c58-36-35-57(33-19-37-71(51(59)65-39-45-21-7-1-8-22-45,52(60)66-40-46-23-9-2-10-24-46)53(61)67-41-47-25-11-3-12-26-47)34-20-38-72(54(62)68-42-48-27-13-4-14-28-48,55(63)69-43-49-29-15-5-16-30-49)56(64)70-44-50-31-17-6-18-32-50/h1-18,21-32,58H,19-20,33-44H2. The van der Waals surface area contributed by atoms with Crippen molar-refractivity contribution < 1.29 is 62.3 Å². The molecule has 0 spiro atoms. The number of nitrogens with zero attached hydrogens (tertiary/aromatic N) is 1. The maximum absolute atomic E-state index is 14.5. The minimum Gasteiger partial charge on any atom is -0.453 e. The number of benzene rings is 6. The summed E-state index contributed by atoms with van der Waals surface area (Å²) in [6.45, 7) is -1.48. The highest BCUT2D eigenvalue weighted by Crippen LogP contribution is 2.56. The molecular weight excluding hydrogens is 959 g/mol. The summed E-state index contributed by atoms with van der Waals surface area (Å²) in [4.78, 5) is 88.7. The molecule has 0 fully saturated rings. The highest BCUT2D eigenvalue weighted by atomic mass is 32.3. The van der Waals surface area contributed by atoms with Crippen molar-refractivity contribution in [1.82, 2.24) is 4.90 Å². The Labute approximate surface area is 422 Å². The first-order chi connectivity index (χ1) is 35.1. The molecule has 16 heteroatoms. The molecule has 0 heterocycles. The molecule has 378 valence electrons. The van der Waals surface area contributed by atoms with Crippen LogP contribution in [0.1, 0.15) is 46.2 Å². The van der Waals surface area contributed by atoms with E-state index in [-0.39, 0.29) is 90.2 Å². The van der Waals surface area contributed by atoms with E-state index in [9.17, 15) is 33.9 Å². The number of aliphatic hydroxyl groups excluding tert-OH is 1. The molecule has 6 aromatic rings. The van der Waals surface area contributed by atoms with Crippen molar-refractivity contribution in [2.45, 2.75) is 52.5 Å². The van der Waals surface area contributed by atoms with Gasteiger partial charge in [-0.05, 0) is 59.3 Å². The lowest BCUT2D eigenvalue weighted by Gasteiger charge is -2.33. The Hall–Kier alpha value is -7.24. The van der Waals surface area contributed by atoms with Gasteiger partial charge in [-0.2, -0.15) is 0 Å². The van der Waals surface area contributed by atoms with Crippen molar-refractivity contribution in [2.75, 3.05) is 37.7 Å². The van der Waals surface area contributed by atoms with Gasteiger partial charge < -0.3 is 38.4 Å². The van der Waals surface area contributed by atoms with Crippen LogP contribution >= 0.6 is 20.1 Å². The van der Waals surface area contributed by atoms with Gasteiger partial charge in [0.2, 0.25) is 0 Å². The van der Waals surface area contributed by atoms with Gasteiger partial charge in [-0.15, -0.1) is 0 Å². The molecule has 0 saturated heterocycles. The van der Waals surface area contributed by atoms with Gasteiger partial charge in [0.1, 0.15) is 39.6 Å². The highest BCUT2D eigenvalue weighted by Gasteiger charge is 2.53. The largest absolute Gasteiger partial charge is 0.453 e. The molecule has 6 rings (SSSR count). The van der Waals surface area contributed by atoms with Crippen LogP contribution in [-0.4, -0.2) is 79.6 Å². The van der Waals surface area contributed by atoms with Crippen molar-refractivity contribution in [2.24, 2.45) is 0 Å². The van der Waals surface area contributed by atoms with E-state index in [1.54, 1.807) is 187 Å². The van der Waals surface area contributed by atoms with E-state index in [1.165, 1.54) is 0 Å². The zero-order valence-corrected chi connectivity index (χ0v) is 41.5. The molecule has 0 aliphatic heterocycles. The van der Waals surface area contributed by atoms with Crippen LogP contribution in [0.15, 0.2) is 182 Å². The van der Waals surface area contributed by atoms with Gasteiger partial charge in [-0.25, -0.2) is 28.8 Å². The van der Waals surface area contributed by atoms with Crippen LogP contribution in [0.3, 0.4) is 0 Å². The summed E-state index contributed by atoms with van der Waals surface area (Å²) in [5, 5.41) is 3.79. The topological polar surface area (TPSA) is 181 Å². The lowest BCUT2D eigenvalue weighted by atomic mass is 10.2. The smallest absolute Gasteiger partial charge is 0.369 e. The Balaban J connectivity index is 1.26. The minimum absolute atomic E-state index is 0.0198. The van der Waals surface area contributed by atoms with Crippen molar-refractivity contribution in [3.05, 3.63) is 215 Å². The maximum atomic E-state index is 14.5. The van der Waals surface area contributed by atoms with E-state index >= 15 is 0 Å². The number of ether oxygens (including phenoxy) is 6. The third kappa shape index (κ3) is 15.6. The van der Waals surface area contributed by atoms with Crippen LogP contribution < -0.4 is 0 Å². The molecule has 0 saturated carbocycles. The Kier molecular flexibility index (Phi) is 21.5. The zero-order valence-electron chi connectivity index (χ0n) is 39.8. The molecule has 0 radical (unpaired) electrons. The normalized spacial score (nSPS) is 11.7. The van der Waals surface area contributed by atoms with Crippen LogP contribution in [0.25, 0.3) is 0 Å². The predicted octanol–water partition coefficient (Wildman–Crippen LogP) is 12.7. The van der Waals surface area contributed by atoms with Crippen LogP contribution in [0.2, 0.25) is 0 Å². The van der Waals surface area contributed by atoms with E-state index in [1.807, 2.05) is 0 Å². The van der Waals surface area contributed by atoms with E-state index in [0.717, 1.165) is 0 Å². The molecule has 0 aliphatic rings. The number of hydrogen-bond acceptors (Lipinski definition) is 14. The Morgan fingerprint density at radius 2 is 0.514 bits per heavy atom. The van der Waals surface area contributed by atoms with E-state index in [0.29, 0.717) is 33.4 Å². The number of rotatable bonds is 22. The molecule has 72 heavy (non-hydrogen) atoms. The zero-order chi connectivity index (χ0) is 50.9. The third-order valence-electron chi connectivity index (χ3n) is 11.2. The van der Waals surface area contributed by atoms with Gasteiger partial charge in [0.05, 0.1) is 26.7 Å². The second-order valence-corrected chi connectivity index (χ2v) is 22.1. The van der Waals surface area contributed by atoms with Crippen LogP contribution in [0, 0.1) is 0 Å². The van der Waals surface area contributed by atoms with Gasteiger partial charge in [0.25, 0.3) is 0 Å². The third-order valence-corrected chi connectivity index (χ3v) is 17.1. The van der Waals surface area contributed by atoms with Gasteiger partial charge >= 0.3 is 31.8 Å². The summed E-state index contributed by atoms with van der Waals surface area (Å²) in [5.74, 6) is -0.690. The monoisotopic (exact) mass is 1020 g/mol. The molecule has 6 aromatic carbocycles. The molecule has 0 aromatic heterocycles. The van der Waals surface area contributed by atoms with Crippen molar-refractivity contribution in [3.8, 4) is 0 Å². The first kappa shape index (κ1) is 54.1. The molecule has 1 N–H and O–H groups in total. The quantitative estimate of drug-likeness (QED) is 0.0501. The van der Waals surface area contributed by atoms with Gasteiger partial charge in [-0.3, -0.25) is 0 Å². The second kappa shape index (κ2) is 28.6.